The molecule has 1 heterocycles. The third kappa shape index (κ3) is 14.5. The number of anilines is 1. The second-order valence-electron chi connectivity index (χ2n) is 13.8. The zero-order valence-corrected chi connectivity index (χ0v) is 37.5. The summed E-state index contributed by atoms with van der Waals surface area (Å²) in [6.45, 7) is 4.15. The van der Waals surface area contributed by atoms with Gasteiger partial charge in [-0.25, -0.2) is 18.4 Å². The van der Waals surface area contributed by atoms with E-state index in [4.69, 9.17) is 24.7 Å². The molecule has 7 aromatic rings. The van der Waals surface area contributed by atoms with Crippen molar-refractivity contribution in [1.82, 2.24) is 4.98 Å². The minimum atomic E-state index is -0.497. The molecular weight excluding hydrogens is 949 g/mol. The van der Waals surface area contributed by atoms with E-state index in [0.29, 0.717) is 80.7 Å². The Hall–Kier alpha value is -6.64. The van der Waals surface area contributed by atoms with Crippen LogP contribution in [0.4, 0.5) is 14.5 Å². The molecule has 0 aliphatic heterocycles. The molecule has 6 aromatic carbocycles. The number of methoxy groups -OCH3 is 2. The number of fused-ring (bicyclic) bond motifs is 1. The first-order valence-corrected chi connectivity index (χ1v) is 20.8. The van der Waals surface area contributed by atoms with E-state index >= 15 is 0 Å². The lowest BCUT2D eigenvalue weighted by Crippen LogP contribution is -2.08. The van der Waals surface area contributed by atoms with Gasteiger partial charge in [0.05, 0.1) is 19.9 Å². The number of ether oxygens (including phenoxy) is 4. The molecule has 0 saturated heterocycles. The molecule has 0 saturated carbocycles. The van der Waals surface area contributed by atoms with E-state index in [2.05, 4.69) is 43.4 Å². The molecule has 0 atom stereocenters. The van der Waals surface area contributed by atoms with Crippen LogP contribution in [-0.2, 0) is 40.3 Å². The van der Waals surface area contributed by atoms with Gasteiger partial charge < -0.3 is 24.7 Å². The molecule has 0 unspecified atom stereocenters. The van der Waals surface area contributed by atoms with Crippen molar-refractivity contribution in [2.75, 3.05) is 20.0 Å². The number of nitrogens with zero attached hydrogens (tertiary/aromatic N) is 1. The molecule has 0 fully saturated rings. The molecule has 9 nitrogen and oxygen atoms in total. The lowest BCUT2D eigenvalue weighted by molar-refractivity contribution is -0.105. The quantitative estimate of drug-likeness (QED) is 0.0395. The van der Waals surface area contributed by atoms with Crippen LogP contribution in [0.2, 0.25) is 0 Å². The summed E-state index contributed by atoms with van der Waals surface area (Å²) in [5.74, 6) is -0.802. The molecule has 0 aliphatic carbocycles. The highest BCUT2D eigenvalue weighted by Gasteiger charge is 2.21. The number of hydrogen-bond acceptors (Lipinski definition) is 9. The van der Waals surface area contributed by atoms with E-state index in [1.165, 1.54) is 38.5 Å². The molecule has 2 N–H and O–H groups in total. The number of halogens is 4. The summed E-state index contributed by atoms with van der Waals surface area (Å²) in [7, 11) is 2.65. The van der Waals surface area contributed by atoms with Crippen LogP contribution in [0.25, 0.3) is 10.9 Å². The highest BCUT2D eigenvalue weighted by molar-refractivity contribution is 9.11. The van der Waals surface area contributed by atoms with Crippen LogP contribution in [0.5, 0.6) is 11.5 Å². The maximum absolute atomic E-state index is 13.2. The minimum Gasteiger partial charge on any atom is -0.486 e. The molecule has 64 heavy (non-hydrogen) atoms. The summed E-state index contributed by atoms with van der Waals surface area (Å²) in [5, 5.41) is 0.815. The number of hydrogen-bond donors (Lipinski definition) is 1. The van der Waals surface area contributed by atoms with Crippen LogP contribution in [0, 0.1) is 11.6 Å². The number of nitrogen functional groups attached to an aromatic ring is 1. The predicted molar refractivity (Wildman–Crippen MR) is 258 cm³/mol. The highest BCUT2D eigenvalue weighted by Crippen LogP contribution is 2.36. The number of esters is 2. The van der Waals surface area contributed by atoms with Gasteiger partial charge in [0.2, 0.25) is 0 Å². The van der Waals surface area contributed by atoms with E-state index in [0.717, 1.165) is 33.2 Å². The summed E-state index contributed by atoms with van der Waals surface area (Å²) in [6, 6.07) is 38.8. The smallest absolute Gasteiger partial charge is 0.341 e. The van der Waals surface area contributed by atoms with Gasteiger partial charge in [-0.3, -0.25) is 9.78 Å². The summed E-state index contributed by atoms with van der Waals surface area (Å²) in [4.78, 5) is 39.0. The Bertz CT molecular complexity index is 2670. The van der Waals surface area contributed by atoms with Gasteiger partial charge in [0.25, 0.3) is 0 Å². The summed E-state index contributed by atoms with van der Waals surface area (Å²) in [5.41, 5.74) is 12.8. The summed E-state index contributed by atoms with van der Waals surface area (Å²) in [6.07, 6.45) is 3.55. The fraction of sp³-hybridized carbons (Fsp3) is 0.120. The Morgan fingerprint density at radius 1 is 0.672 bits per heavy atom. The SMILES string of the molecule is C=C(C=O)Cc1ccc(F)cc1.COC(=O)c1cc(Br)c2cc(Cc3ccc(F)cc3)cnc2c1OCc1ccccc1.COC(=O)c1cc(Br)cc(N)c1OCc1ccccc1.[BH4-]. The van der Waals surface area contributed by atoms with Crippen LogP contribution in [-0.4, -0.2) is 45.8 Å². The summed E-state index contributed by atoms with van der Waals surface area (Å²) >= 11 is 6.85. The van der Waals surface area contributed by atoms with Crippen molar-refractivity contribution in [2.45, 2.75) is 26.1 Å². The van der Waals surface area contributed by atoms with Crippen LogP contribution in [0.1, 0.15) is 48.5 Å². The van der Waals surface area contributed by atoms with Gasteiger partial charge in [-0.05, 0) is 88.3 Å². The van der Waals surface area contributed by atoms with Gasteiger partial charge in [-0.15, -0.1) is 0 Å². The van der Waals surface area contributed by atoms with Gasteiger partial charge in [-0.2, -0.15) is 0 Å². The van der Waals surface area contributed by atoms with Crippen LogP contribution in [0.15, 0.2) is 161 Å². The number of nitrogens with two attached hydrogens (primary N) is 1. The molecule has 0 spiro atoms. The number of allylic oxidation sites excluding steroid dienone is 1. The van der Waals surface area contributed by atoms with E-state index in [1.807, 2.05) is 66.7 Å². The largest absolute Gasteiger partial charge is 0.486 e. The van der Waals surface area contributed by atoms with Gasteiger partial charge in [-0.1, -0.05) is 132 Å². The Morgan fingerprint density at radius 3 is 1.69 bits per heavy atom. The first kappa shape index (κ1) is 50.0. The topological polar surface area (TPSA) is 127 Å². The van der Waals surface area contributed by atoms with Crippen molar-refractivity contribution >= 4 is 75.1 Å². The van der Waals surface area contributed by atoms with Crippen molar-refractivity contribution in [3.63, 3.8) is 0 Å². The average molecular weight is 996 g/mol. The van der Waals surface area contributed by atoms with Crippen molar-refractivity contribution in [1.29, 1.82) is 0 Å². The number of aromatic nitrogens is 1. The highest BCUT2D eigenvalue weighted by atomic mass is 79.9. The lowest BCUT2D eigenvalue weighted by atomic mass is 10.0. The monoisotopic (exact) mass is 993 g/mol. The van der Waals surface area contributed by atoms with Gasteiger partial charge >= 0.3 is 11.9 Å². The number of carbonyl (C=O) groups is 3. The van der Waals surface area contributed by atoms with Crippen molar-refractivity contribution in [3.8, 4) is 11.5 Å². The number of benzene rings is 6. The van der Waals surface area contributed by atoms with Gasteiger partial charge in [0.15, 0.2) is 11.5 Å². The zero-order valence-electron chi connectivity index (χ0n) is 34.3. The van der Waals surface area contributed by atoms with Gasteiger partial charge in [0.1, 0.15) is 47.8 Å². The fourth-order valence-corrected chi connectivity index (χ4v) is 7.02. The molecule has 0 aliphatic rings. The fourth-order valence-electron chi connectivity index (χ4n) is 6.01. The molecular formula is C50H46BBr2F2N2O7-. The average Bonchev–Trinajstić information content (AvgIpc) is 3.30. The Morgan fingerprint density at radius 2 is 1.17 bits per heavy atom. The van der Waals surface area contributed by atoms with Crippen molar-refractivity contribution in [3.05, 3.63) is 211 Å². The van der Waals surface area contributed by atoms with E-state index in [1.54, 1.807) is 48.7 Å². The third-order valence-electron chi connectivity index (χ3n) is 9.11. The molecule has 1 aromatic heterocycles. The first-order valence-electron chi connectivity index (χ1n) is 19.2. The third-order valence-corrected chi connectivity index (χ3v) is 10.2. The maximum atomic E-state index is 13.2. The number of rotatable bonds is 13. The minimum absolute atomic E-state index is 0. The summed E-state index contributed by atoms with van der Waals surface area (Å²) < 4.78 is 48.4. The predicted octanol–water partition coefficient (Wildman–Crippen LogP) is 10.2. The standard InChI is InChI=1S/C25H19BrFNO3.C15H14BrNO3.C10H9FO.BH4/c1-30-25(29)21-13-22(26)20-12-18(11-16-7-9-19(27)10-8-16)14-28-23(20)24(21)31-15-17-5-3-2-4-6-17;1-19-15(18)12-7-11(16)8-13(17)14(12)20-9-10-5-3-2-4-6-10;1-8(7-12)6-9-2-4-10(11)5-3-9;/h2-10,12-14H,11,15H2,1H3;2-8H,9,17H2,1H3;2-5,7H,1,6H2;1H4/q;;;-1. The second kappa shape index (κ2) is 24.9. The zero-order chi connectivity index (χ0) is 45.3. The Labute approximate surface area is 389 Å². The molecule has 330 valence electrons. The van der Waals surface area contributed by atoms with Crippen LogP contribution in [0.3, 0.4) is 0 Å². The molecule has 14 heteroatoms. The second-order valence-corrected chi connectivity index (χ2v) is 15.5. The van der Waals surface area contributed by atoms with Crippen LogP contribution < -0.4 is 15.2 Å². The van der Waals surface area contributed by atoms with E-state index < -0.39 is 11.9 Å². The van der Waals surface area contributed by atoms with E-state index in [9.17, 15) is 23.2 Å². The first-order chi connectivity index (χ1) is 30.4. The molecule has 7 rings (SSSR count). The van der Waals surface area contributed by atoms with Crippen LogP contribution >= 0.6 is 31.9 Å². The number of carbonyl (C=O) groups excluding carboxylic acids is 3. The van der Waals surface area contributed by atoms with E-state index in [-0.39, 0.29) is 20.0 Å². The number of pyridine rings is 1. The van der Waals surface area contributed by atoms with Gasteiger partial charge in [0, 0.05) is 26.9 Å². The molecule has 0 amide bonds. The lowest BCUT2D eigenvalue weighted by Gasteiger charge is -2.15. The number of aldehydes is 1. The normalized spacial score (nSPS) is 10.2. The Balaban J connectivity index is 0.000000233. The van der Waals surface area contributed by atoms with Crippen molar-refractivity contribution < 1.29 is 42.1 Å². The Kier molecular flexibility index (Phi) is 19.4. The van der Waals surface area contributed by atoms with Crippen molar-refractivity contribution in [2.24, 2.45) is 0 Å². The maximum Gasteiger partial charge on any atom is 0.341 e. The molecule has 0 bridgehead atoms. The molecule has 0 radical (unpaired) electrons.